The van der Waals surface area contributed by atoms with E-state index in [1.807, 2.05) is 12.1 Å². The zero-order chi connectivity index (χ0) is 38.6. The first kappa shape index (κ1) is 32.0. The first-order chi connectivity index (χ1) is 29.3. The van der Waals surface area contributed by atoms with E-state index >= 15 is 0 Å². The van der Waals surface area contributed by atoms with E-state index in [-0.39, 0.29) is 0 Å². The molecular weight excluding hydrogens is 721 g/mol. The van der Waals surface area contributed by atoms with E-state index in [0.717, 1.165) is 88.7 Å². The number of nitrogens with zero attached hydrogens (tertiary/aromatic N) is 6. The molecule has 0 aliphatic carbocycles. The van der Waals surface area contributed by atoms with Crippen molar-refractivity contribution in [2.24, 2.45) is 0 Å². The minimum Gasteiger partial charge on any atom is -0.309 e. The first-order valence-corrected chi connectivity index (χ1v) is 20.0. The number of para-hydroxylation sites is 5. The molecule has 5 aromatic heterocycles. The van der Waals surface area contributed by atoms with Crippen LogP contribution in [0.4, 0.5) is 0 Å². The van der Waals surface area contributed by atoms with Crippen LogP contribution in [-0.2, 0) is 0 Å². The predicted octanol–water partition coefficient (Wildman–Crippen LogP) is 13.1. The minimum absolute atomic E-state index is 0.780. The van der Waals surface area contributed by atoms with Crippen molar-refractivity contribution in [3.8, 4) is 33.9 Å². The van der Waals surface area contributed by atoms with Gasteiger partial charge in [0.05, 0.1) is 33.1 Å². The fourth-order valence-corrected chi connectivity index (χ4v) is 9.39. The molecule has 0 aliphatic heterocycles. The fourth-order valence-electron chi connectivity index (χ4n) is 9.39. The highest BCUT2D eigenvalue weighted by molar-refractivity contribution is 6.14. The zero-order valence-electron chi connectivity index (χ0n) is 31.7. The van der Waals surface area contributed by atoms with Crippen LogP contribution >= 0.6 is 0 Å². The van der Waals surface area contributed by atoms with Crippen molar-refractivity contribution in [2.45, 2.75) is 0 Å². The van der Waals surface area contributed by atoms with Gasteiger partial charge in [-0.05, 0) is 71.8 Å². The van der Waals surface area contributed by atoms with E-state index in [2.05, 4.69) is 196 Å². The summed E-state index contributed by atoms with van der Waals surface area (Å²) in [6.45, 7) is 0. The van der Waals surface area contributed by atoms with Crippen molar-refractivity contribution in [1.29, 1.82) is 0 Å². The number of benzene rings is 8. The van der Waals surface area contributed by atoms with Crippen molar-refractivity contribution >= 4 is 82.2 Å². The quantitative estimate of drug-likeness (QED) is 0.168. The smallest absolute Gasteiger partial charge is 0.166 e. The molecule has 274 valence electrons. The molecule has 0 unspecified atom stereocenters. The van der Waals surface area contributed by atoms with Gasteiger partial charge < -0.3 is 4.57 Å². The summed E-state index contributed by atoms with van der Waals surface area (Å²) in [5.41, 5.74) is 14.2. The summed E-state index contributed by atoms with van der Waals surface area (Å²) in [7, 11) is 0. The third kappa shape index (κ3) is 4.59. The van der Waals surface area contributed by atoms with E-state index < -0.39 is 0 Å². The summed E-state index contributed by atoms with van der Waals surface area (Å²) in [5, 5.41) is 6.85. The van der Waals surface area contributed by atoms with Gasteiger partial charge in [-0.15, -0.1) is 0 Å². The Labute approximate surface area is 337 Å². The molecule has 0 radical (unpaired) electrons. The van der Waals surface area contributed by atoms with Gasteiger partial charge in [0.25, 0.3) is 0 Å². The van der Waals surface area contributed by atoms with Crippen LogP contribution in [0.5, 0.6) is 0 Å². The van der Waals surface area contributed by atoms with Crippen molar-refractivity contribution in [3.05, 3.63) is 194 Å². The molecule has 59 heavy (non-hydrogen) atoms. The molecule has 0 bridgehead atoms. The number of rotatable bonds is 4. The maximum atomic E-state index is 5.68. The van der Waals surface area contributed by atoms with Gasteiger partial charge in [-0.2, -0.15) is 0 Å². The van der Waals surface area contributed by atoms with Gasteiger partial charge >= 0.3 is 0 Å². The van der Waals surface area contributed by atoms with Gasteiger partial charge in [-0.3, -0.25) is 8.97 Å². The Morgan fingerprint density at radius 3 is 1.54 bits per heavy atom. The first-order valence-electron chi connectivity index (χ1n) is 20.0. The maximum Gasteiger partial charge on any atom is 0.166 e. The van der Waals surface area contributed by atoms with Gasteiger partial charge in [0.1, 0.15) is 16.9 Å². The second-order valence-corrected chi connectivity index (χ2v) is 15.2. The average molecular weight is 753 g/mol. The Kier molecular flexibility index (Phi) is 6.63. The van der Waals surface area contributed by atoms with Gasteiger partial charge in [0.15, 0.2) is 11.5 Å². The third-order valence-corrected chi connectivity index (χ3v) is 12.0. The molecule has 8 aromatic carbocycles. The molecule has 0 saturated carbocycles. The third-order valence-electron chi connectivity index (χ3n) is 12.0. The van der Waals surface area contributed by atoms with Crippen LogP contribution in [0.1, 0.15) is 0 Å². The highest BCUT2D eigenvalue weighted by Crippen LogP contribution is 2.41. The Balaban J connectivity index is 1.08. The number of fused-ring (bicyclic) bond motifs is 14. The molecule has 13 rings (SSSR count). The lowest BCUT2D eigenvalue weighted by molar-refractivity contribution is 1.07. The van der Waals surface area contributed by atoms with Crippen molar-refractivity contribution in [2.75, 3.05) is 0 Å². The highest BCUT2D eigenvalue weighted by Gasteiger charge is 2.23. The van der Waals surface area contributed by atoms with Crippen molar-refractivity contribution in [3.63, 3.8) is 0 Å². The molecule has 0 fully saturated rings. The molecule has 0 N–H and O–H groups in total. The van der Waals surface area contributed by atoms with Crippen molar-refractivity contribution < 1.29 is 0 Å². The zero-order valence-corrected chi connectivity index (χ0v) is 31.7. The summed E-state index contributed by atoms with van der Waals surface area (Å²) in [6, 6.07) is 68.9. The van der Waals surface area contributed by atoms with E-state index in [0.29, 0.717) is 0 Å². The second-order valence-electron chi connectivity index (χ2n) is 15.2. The molecule has 0 aliphatic rings. The number of aromatic nitrogens is 6. The summed E-state index contributed by atoms with van der Waals surface area (Å²) < 4.78 is 6.86. The lowest BCUT2D eigenvalue weighted by Gasteiger charge is -2.16. The van der Waals surface area contributed by atoms with E-state index in [1.165, 1.54) is 27.4 Å². The van der Waals surface area contributed by atoms with Gasteiger partial charge in [0, 0.05) is 43.6 Å². The lowest BCUT2D eigenvalue weighted by Crippen LogP contribution is -2.06. The molecule has 6 nitrogen and oxygen atoms in total. The van der Waals surface area contributed by atoms with Gasteiger partial charge in [-0.1, -0.05) is 133 Å². The number of hydrogen-bond donors (Lipinski definition) is 0. The second kappa shape index (κ2) is 12.2. The van der Waals surface area contributed by atoms with Crippen LogP contribution in [-0.4, -0.2) is 28.5 Å². The molecule has 0 amide bonds. The Morgan fingerprint density at radius 1 is 0.322 bits per heavy atom. The van der Waals surface area contributed by atoms with Gasteiger partial charge in [0.2, 0.25) is 0 Å². The molecule has 0 saturated heterocycles. The standard InChI is InChI=1S/C53H32N6/c1-3-15-33(16-4-1)49-52(56-50-39-21-7-8-22-40(39)51-54-43-23-11-14-26-48(43)59(51)53(50)55-49)58-45-25-13-10-20-38(45)42-32-35(28-30-47(42)58)34-27-29-46-41(31-34)37-19-9-12-24-44(37)57(46)36-17-5-2-6-18-36/h1-32H. The molecule has 13 aromatic rings. The predicted molar refractivity (Wildman–Crippen MR) is 243 cm³/mol. The Morgan fingerprint density at radius 2 is 0.847 bits per heavy atom. The highest BCUT2D eigenvalue weighted by atomic mass is 15.1. The van der Waals surface area contributed by atoms with Crippen LogP contribution in [0.25, 0.3) is 116 Å². The summed E-state index contributed by atoms with van der Waals surface area (Å²) >= 11 is 0. The number of imidazole rings is 1. The molecular formula is C53H32N6. The fraction of sp³-hybridized carbons (Fsp3) is 0. The van der Waals surface area contributed by atoms with Crippen LogP contribution < -0.4 is 0 Å². The number of pyridine rings is 1. The molecule has 6 heteroatoms. The van der Waals surface area contributed by atoms with Crippen LogP contribution in [0, 0.1) is 0 Å². The maximum absolute atomic E-state index is 5.68. The SMILES string of the molecule is c1ccc(-c2nc3c(nc2-n2c4ccccc4c4cc(-c5ccc6c(c5)c5ccccc5n6-c5ccccc5)ccc42)c2ccccc2c2nc4ccccc4n23)cc1. The van der Waals surface area contributed by atoms with E-state index in [4.69, 9.17) is 15.0 Å². The monoisotopic (exact) mass is 752 g/mol. The summed E-state index contributed by atoms with van der Waals surface area (Å²) in [4.78, 5) is 16.4. The summed E-state index contributed by atoms with van der Waals surface area (Å²) in [5.74, 6) is 0.784. The average Bonchev–Trinajstić information content (AvgIpc) is 3.97. The van der Waals surface area contributed by atoms with Crippen LogP contribution in [0.2, 0.25) is 0 Å². The molecule has 0 atom stereocenters. The Bertz CT molecular complexity index is 3840. The number of hydrogen-bond acceptors (Lipinski definition) is 3. The lowest BCUT2D eigenvalue weighted by atomic mass is 10.0. The van der Waals surface area contributed by atoms with E-state index in [9.17, 15) is 0 Å². The van der Waals surface area contributed by atoms with Crippen LogP contribution in [0.15, 0.2) is 194 Å². The normalized spacial score (nSPS) is 12.1. The molecule has 5 heterocycles. The van der Waals surface area contributed by atoms with Gasteiger partial charge in [-0.25, -0.2) is 15.0 Å². The molecule has 0 spiro atoms. The largest absolute Gasteiger partial charge is 0.309 e. The van der Waals surface area contributed by atoms with Crippen LogP contribution in [0.3, 0.4) is 0 Å². The van der Waals surface area contributed by atoms with Crippen molar-refractivity contribution in [1.82, 2.24) is 28.5 Å². The summed E-state index contributed by atoms with van der Waals surface area (Å²) in [6.07, 6.45) is 0. The Hall–Kier alpha value is -8.09. The topological polar surface area (TPSA) is 52.9 Å². The van der Waals surface area contributed by atoms with E-state index in [1.54, 1.807) is 0 Å². The minimum atomic E-state index is 0.780.